The highest BCUT2D eigenvalue weighted by atomic mass is 16.6. The van der Waals surface area contributed by atoms with Crippen LogP contribution in [0, 0.1) is 34.3 Å². The van der Waals surface area contributed by atoms with Gasteiger partial charge in [0.05, 0.1) is 23.5 Å². The average Bonchev–Trinajstić information content (AvgIpc) is 2.34. The third kappa shape index (κ3) is 4.21. The molecule has 1 rings (SSSR count). The largest absolute Gasteiger partial charge is 0.355 e. The lowest BCUT2D eigenvalue weighted by Gasteiger charge is -2.24. The third-order valence-corrected chi connectivity index (χ3v) is 2.66. The molecule has 0 radical (unpaired) electrons. The molecule has 0 fully saturated rings. The molecule has 1 aromatic heterocycles. The van der Waals surface area contributed by atoms with Gasteiger partial charge in [0, 0.05) is 24.8 Å². The highest BCUT2D eigenvalue weighted by molar-refractivity contribution is 5.50. The predicted molar refractivity (Wildman–Crippen MR) is 72.9 cm³/mol. The molecule has 0 unspecified atom stereocenters. The number of nitriles is 1. The van der Waals surface area contributed by atoms with Crippen LogP contribution in [0.4, 0.5) is 11.5 Å². The number of rotatable bonds is 6. The van der Waals surface area contributed by atoms with Crippen molar-refractivity contribution in [3.63, 3.8) is 0 Å². The number of aryl methyl sites for hydroxylation is 1. The molecule has 0 spiro atoms. The SMILES string of the molecule is Cc1cnc(N(CCC#N)CC(C)C)cc1[N+](=O)[O-]. The third-order valence-electron chi connectivity index (χ3n) is 2.66. The van der Waals surface area contributed by atoms with E-state index in [-0.39, 0.29) is 5.69 Å². The summed E-state index contributed by atoms with van der Waals surface area (Å²) >= 11 is 0. The Hall–Kier alpha value is -2.16. The first-order valence-electron chi connectivity index (χ1n) is 6.18. The lowest BCUT2D eigenvalue weighted by atomic mass is 10.2. The number of nitrogens with zero attached hydrogens (tertiary/aromatic N) is 4. The van der Waals surface area contributed by atoms with E-state index in [2.05, 4.69) is 24.9 Å². The summed E-state index contributed by atoms with van der Waals surface area (Å²) in [6, 6.07) is 3.57. The van der Waals surface area contributed by atoms with Gasteiger partial charge in [-0.1, -0.05) is 13.8 Å². The van der Waals surface area contributed by atoms with Crippen LogP contribution < -0.4 is 4.90 Å². The zero-order valence-corrected chi connectivity index (χ0v) is 11.5. The monoisotopic (exact) mass is 262 g/mol. The summed E-state index contributed by atoms with van der Waals surface area (Å²) in [6.07, 6.45) is 1.88. The van der Waals surface area contributed by atoms with E-state index in [0.717, 1.165) is 6.54 Å². The molecule has 0 saturated carbocycles. The fourth-order valence-electron chi connectivity index (χ4n) is 1.80. The van der Waals surface area contributed by atoms with Crippen molar-refractivity contribution in [3.8, 4) is 6.07 Å². The van der Waals surface area contributed by atoms with Gasteiger partial charge in [-0.25, -0.2) is 4.98 Å². The molecular weight excluding hydrogens is 244 g/mol. The number of pyridine rings is 1. The molecule has 0 aliphatic carbocycles. The molecular formula is C13H18N4O2. The van der Waals surface area contributed by atoms with Crippen LogP contribution in [-0.4, -0.2) is 23.0 Å². The molecule has 0 aliphatic rings. The second-order valence-corrected chi connectivity index (χ2v) is 4.83. The minimum Gasteiger partial charge on any atom is -0.355 e. The number of hydrogen-bond donors (Lipinski definition) is 0. The molecule has 102 valence electrons. The number of hydrogen-bond acceptors (Lipinski definition) is 5. The minimum absolute atomic E-state index is 0.0655. The van der Waals surface area contributed by atoms with Crippen LogP contribution >= 0.6 is 0 Å². The predicted octanol–water partition coefficient (Wildman–Crippen LogP) is 2.67. The molecule has 0 amide bonds. The van der Waals surface area contributed by atoms with Crippen molar-refractivity contribution >= 4 is 11.5 Å². The highest BCUT2D eigenvalue weighted by Crippen LogP contribution is 2.23. The minimum atomic E-state index is -0.404. The van der Waals surface area contributed by atoms with Gasteiger partial charge in [0.2, 0.25) is 0 Å². The van der Waals surface area contributed by atoms with E-state index in [1.54, 1.807) is 6.92 Å². The van der Waals surface area contributed by atoms with Crippen LogP contribution in [0.3, 0.4) is 0 Å². The maximum absolute atomic E-state index is 10.9. The Kier molecular flexibility index (Phi) is 5.24. The van der Waals surface area contributed by atoms with Crippen LogP contribution in [0.5, 0.6) is 0 Å². The second-order valence-electron chi connectivity index (χ2n) is 4.83. The van der Waals surface area contributed by atoms with Gasteiger partial charge in [-0.15, -0.1) is 0 Å². The maximum atomic E-state index is 10.9. The van der Waals surface area contributed by atoms with E-state index < -0.39 is 4.92 Å². The molecule has 0 atom stereocenters. The Labute approximate surface area is 112 Å². The molecule has 0 saturated heterocycles. The fraction of sp³-hybridized carbons (Fsp3) is 0.538. The zero-order valence-electron chi connectivity index (χ0n) is 11.5. The second kappa shape index (κ2) is 6.69. The Balaban J connectivity index is 3.04. The van der Waals surface area contributed by atoms with Crippen LogP contribution in [0.2, 0.25) is 0 Å². The Morgan fingerprint density at radius 3 is 2.79 bits per heavy atom. The topological polar surface area (TPSA) is 83.1 Å². The highest BCUT2D eigenvalue weighted by Gasteiger charge is 2.16. The Bertz CT molecular complexity index is 494. The molecule has 1 heterocycles. The van der Waals surface area contributed by atoms with Gasteiger partial charge < -0.3 is 4.90 Å². The maximum Gasteiger partial charge on any atom is 0.277 e. The van der Waals surface area contributed by atoms with Crippen molar-refractivity contribution in [1.82, 2.24) is 4.98 Å². The van der Waals surface area contributed by atoms with Crippen molar-refractivity contribution in [1.29, 1.82) is 5.26 Å². The van der Waals surface area contributed by atoms with Gasteiger partial charge in [-0.05, 0) is 12.8 Å². The standard InChI is InChI=1S/C13H18N4O2/c1-10(2)9-16(6-4-5-14)13-7-12(17(18)19)11(3)8-15-13/h7-8,10H,4,6,9H2,1-3H3. The van der Waals surface area contributed by atoms with Crippen LogP contribution in [0.25, 0.3) is 0 Å². The normalized spacial score (nSPS) is 10.3. The van der Waals surface area contributed by atoms with Crippen molar-refractivity contribution < 1.29 is 4.92 Å². The summed E-state index contributed by atoms with van der Waals surface area (Å²) in [7, 11) is 0. The average molecular weight is 262 g/mol. The van der Waals surface area contributed by atoms with E-state index in [9.17, 15) is 10.1 Å². The quantitative estimate of drug-likeness (QED) is 0.581. The summed E-state index contributed by atoms with van der Waals surface area (Å²) < 4.78 is 0. The molecule has 6 nitrogen and oxygen atoms in total. The summed E-state index contributed by atoms with van der Waals surface area (Å²) in [5.74, 6) is 0.946. The van der Waals surface area contributed by atoms with Gasteiger partial charge >= 0.3 is 0 Å². The van der Waals surface area contributed by atoms with Gasteiger partial charge in [0.15, 0.2) is 0 Å². The van der Waals surface area contributed by atoms with Gasteiger partial charge in [-0.3, -0.25) is 10.1 Å². The first kappa shape index (κ1) is 14.9. The molecule has 0 bridgehead atoms. The molecule has 0 N–H and O–H groups in total. The van der Waals surface area contributed by atoms with Crippen LogP contribution in [0.1, 0.15) is 25.8 Å². The van der Waals surface area contributed by atoms with E-state index >= 15 is 0 Å². The molecule has 0 aliphatic heterocycles. The van der Waals surface area contributed by atoms with Crippen molar-refractivity contribution in [2.24, 2.45) is 5.92 Å². The molecule has 19 heavy (non-hydrogen) atoms. The van der Waals surface area contributed by atoms with Gasteiger partial charge in [-0.2, -0.15) is 5.26 Å². The lowest BCUT2D eigenvalue weighted by Crippen LogP contribution is -2.29. The number of aromatic nitrogens is 1. The van der Waals surface area contributed by atoms with E-state index in [0.29, 0.717) is 30.3 Å². The van der Waals surface area contributed by atoms with E-state index in [1.165, 1.54) is 12.3 Å². The molecule has 1 aromatic rings. The Morgan fingerprint density at radius 1 is 1.58 bits per heavy atom. The molecule has 0 aromatic carbocycles. The first-order valence-corrected chi connectivity index (χ1v) is 6.18. The van der Waals surface area contributed by atoms with E-state index in [4.69, 9.17) is 5.26 Å². The summed E-state index contributed by atoms with van der Waals surface area (Å²) in [6.45, 7) is 7.03. The Morgan fingerprint density at radius 2 is 2.26 bits per heavy atom. The zero-order chi connectivity index (χ0) is 14.4. The molecule has 6 heteroatoms. The van der Waals surface area contributed by atoms with Crippen molar-refractivity contribution in [2.75, 3.05) is 18.0 Å². The summed E-state index contributed by atoms with van der Waals surface area (Å²) in [4.78, 5) is 16.7. The number of nitro groups is 1. The summed E-state index contributed by atoms with van der Waals surface area (Å²) in [5, 5.41) is 19.6. The smallest absolute Gasteiger partial charge is 0.277 e. The number of anilines is 1. The van der Waals surface area contributed by atoms with Gasteiger partial charge in [0.1, 0.15) is 5.82 Å². The van der Waals surface area contributed by atoms with Gasteiger partial charge in [0.25, 0.3) is 5.69 Å². The van der Waals surface area contributed by atoms with E-state index in [1.807, 2.05) is 4.90 Å². The summed E-state index contributed by atoms with van der Waals surface area (Å²) in [5.41, 5.74) is 0.606. The van der Waals surface area contributed by atoms with Crippen molar-refractivity contribution in [3.05, 3.63) is 27.9 Å². The van der Waals surface area contributed by atoms with Crippen LogP contribution in [-0.2, 0) is 0 Å². The first-order chi connectivity index (χ1) is 8.95. The van der Waals surface area contributed by atoms with Crippen LogP contribution in [0.15, 0.2) is 12.3 Å². The van der Waals surface area contributed by atoms with Crippen molar-refractivity contribution in [2.45, 2.75) is 27.2 Å². The lowest BCUT2D eigenvalue weighted by molar-refractivity contribution is -0.385. The fourth-order valence-corrected chi connectivity index (χ4v) is 1.80.